The van der Waals surface area contributed by atoms with Gasteiger partial charge in [0, 0.05) is 19.1 Å². The van der Waals surface area contributed by atoms with E-state index in [0.29, 0.717) is 19.2 Å². The van der Waals surface area contributed by atoms with Crippen LogP contribution >= 0.6 is 0 Å². The third-order valence-electron chi connectivity index (χ3n) is 2.21. The lowest BCUT2D eigenvalue weighted by Gasteiger charge is -2.29. The normalized spacial score (nSPS) is 33.8. The summed E-state index contributed by atoms with van der Waals surface area (Å²) in [6.45, 7) is 8.93. The van der Waals surface area contributed by atoms with Gasteiger partial charge in [-0.25, -0.2) is 0 Å². The maximum atomic E-state index is 9.81. The van der Waals surface area contributed by atoms with Crippen LogP contribution in [0.25, 0.3) is 0 Å². The summed E-state index contributed by atoms with van der Waals surface area (Å²) in [7, 11) is 0. The molecule has 1 saturated heterocycles. The molecule has 0 spiro atoms. The van der Waals surface area contributed by atoms with Crippen molar-refractivity contribution in [3.8, 4) is 0 Å². The summed E-state index contributed by atoms with van der Waals surface area (Å²) < 4.78 is 5.30. The Kier molecular flexibility index (Phi) is 3.09. The van der Waals surface area contributed by atoms with Crippen LogP contribution in [0.4, 0.5) is 0 Å². The number of nitrogens with zero attached hydrogens (tertiary/aromatic N) is 1. The summed E-state index contributed by atoms with van der Waals surface area (Å²) in [5.74, 6) is 0. The van der Waals surface area contributed by atoms with Gasteiger partial charge in [-0.15, -0.1) is 0 Å². The molecule has 1 N–H and O–H groups in total. The first-order chi connectivity index (χ1) is 5.51. The van der Waals surface area contributed by atoms with Crippen LogP contribution in [0.3, 0.4) is 0 Å². The predicted octanol–water partition coefficient (Wildman–Crippen LogP) is 0.478. The minimum absolute atomic E-state index is 0.455. The average Bonchev–Trinajstić information content (AvgIpc) is 2.10. The molecule has 3 heteroatoms. The van der Waals surface area contributed by atoms with Crippen LogP contribution in [0, 0.1) is 0 Å². The second kappa shape index (κ2) is 3.73. The molecule has 1 heterocycles. The lowest BCUT2D eigenvalue weighted by Crippen LogP contribution is -2.44. The van der Waals surface area contributed by atoms with Crippen LogP contribution in [0.1, 0.15) is 20.8 Å². The first-order valence-electron chi connectivity index (χ1n) is 4.55. The summed E-state index contributed by atoms with van der Waals surface area (Å²) in [6.07, 6.45) is 0. The molecule has 12 heavy (non-hydrogen) atoms. The molecule has 0 aromatic heterocycles. The van der Waals surface area contributed by atoms with Crippen molar-refractivity contribution in [3.05, 3.63) is 0 Å². The maximum absolute atomic E-state index is 9.81. The van der Waals surface area contributed by atoms with Crippen molar-refractivity contribution < 1.29 is 9.84 Å². The van der Waals surface area contributed by atoms with E-state index in [4.69, 9.17) is 4.74 Å². The second-order valence-corrected chi connectivity index (χ2v) is 4.11. The standard InChI is InChI=1S/C9H19NO2/c1-8(2)10-4-5-12-7-9(3,11)6-10/h8,11H,4-7H2,1-3H3. The minimum atomic E-state index is -0.680. The zero-order valence-electron chi connectivity index (χ0n) is 8.21. The number of hydrogen-bond acceptors (Lipinski definition) is 3. The molecule has 0 radical (unpaired) electrons. The van der Waals surface area contributed by atoms with Crippen LogP contribution in [0.2, 0.25) is 0 Å². The highest BCUT2D eigenvalue weighted by molar-refractivity contribution is 4.81. The van der Waals surface area contributed by atoms with E-state index in [1.54, 1.807) is 0 Å². The molecule has 1 rings (SSSR count). The monoisotopic (exact) mass is 173 g/mol. The quantitative estimate of drug-likeness (QED) is 0.626. The van der Waals surface area contributed by atoms with Gasteiger partial charge in [-0.3, -0.25) is 4.90 Å². The topological polar surface area (TPSA) is 32.7 Å². The molecule has 1 fully saturated rings. The van der Waals surface area contributed by atoms with E-state index in [1.807, 2.05) is 6.92 Å². The number of rotatable bonds is 1. The number of ether oxygens (including phenoxy) is 1. The van der Waals surface area contributed by atoms with Crippen molar-refractivity contribution in [1.82, 2.24) is 4.90 Å². The van der Waals surface area contributed by atoms with Crippen LogP contribution < -0.4 is 0 Å². The van der Waals surface area contributed by atoms with Crippen LogP contribution in [0.15, 0.2) is 0 Å². The Morgan fingerprint density at radius 3 is 2.75 bits per heavy atom. The number of hydrogen-bond donors (Lipinski definition) is 1. The van der Waals surface area contributed by atoms with Crippen molar-refractivity contribution >= 4 is 0 Å². The Bertz CT molecular complexity index is 145. The Labute approximate surface area is 74.3 Å². The van der Waals surface area contributed by atoms with Gasteiger partial charge < -0.3 is 9.84 Å². The van der Waals surface area contributed by atoms with E-state index >= 15 is 0 Å². The Balaban J connectivity index is 2.54. The summed E-state index contributed by atoms with van der Waals surface area (Å²) in [5.41, 5.74) is -0.680. The zero-order valence-corrected chi connectivity index (χ0v) is 8.21. The summed E-state index contributed by atoms with van der Waals surface area (Å²) in [5, 5.41) is 9.81. The highest BCUT2D eigenvalue weighted by atomic mass is 16.5. The van der Waals surface area contributed by atoms with Gasteiger partial charge in [0.1, 0.15) is 0 Å². The predicted molar refractivity (Wildman–Crippen MR) is 48.2 cm³/mol. The molecule has 72 valence electrons. The van der Waals surface area contributed by atoms with Crippen molar-refractivity contribution in [2.75, 3.05) is 26.3 Å². The van der Waals surface area contributed by atoms with Crippen molar-refractivity contribution in [3.63, 3.8) is 0 Å². The van der Waals surface area contributed by atoms with E-state index in [2.05, 4.69) is 18.7 Å². The third-order valence-corrected chi connectivity index (χ3v) is 2.21. The molecule has 3 nitrogen and oxygen atoms in total. The fourth-order valence-electron chi connectivity index (χ4n) is 1.48. The molecule has 1 aliphatic rings. The fourth-order valence-corrected chi connectivity index (χ4v) is 1.48. The van der Waals surface area contributed by atoms with Crippen molar-refractivity contribution in [1.29, 1.82) is 0 Å². The molecule has 0 aliphatic carbocycles. The van der Waals surface area contributed by atoms with Crippen LogP contribution in [0.5, 0.6) is 0 Å². The second-order valence-electron chi connectivity index (χ2n) is 4.11. The molecule has 1 unspecified atom stereocenters. The van der Waals surface area contributed by atoms with Gasteiger partial charge in [-0.2, -0.15) is 0 Å². The highest BCUT2D eigenvalue weighted by Gasteiger charge is 2.28. The van der Waals surface area contributed by atoms with E-state index in [1.165, 1.54) is 0 Å². The molecule has 1 atom stereocenters. The minimum Gasteiger partial charge on any atom is -0.386 e. The first-order valence-corrected chi connectivity index (χ1v) is 4.55. The fraction of sp³-hybridized carbons (Fsp3) is 1.00. The molecule has 0 bridgehead atoms. The lowest BCUT2D eigenvalue weighted by molar-refractivity contribution is -0.0242. The Hall–Kier alpha value is -0.120. The average molecular weight is 173 g/mol. The SMILES string of the molecule is CC(C)N1CCOCC(C)(O)C1. The lowest BCUT2D eigenvalue weighted by atomic mass is 10.1. The van der Waals surface area contributed by atoms with Gasteiger partial charge in [-0.05, 0) is 20.8 Å². The smallest absolute Gasteiger partial charge is 0.0978 e. The van der Waals surface area contributed by atoms with Gasteiger partial charge in [0.2, 0.25) is 0 Å². The molecule has 0 amide bonds. The van der Waals surface area contributed by atoms with Crippen molar-refractivity contribution in [2.45, 2.75) is 32.4 Å². The van der Waals surface area contributed by atoms with Crippen LogP contribution in [-0.2, 0) is 4.74 Å². The van der Waals surface area contributed by atoms with E-state index in [9.17, 15) is 5.11 Å². The largest absolute Gasteiger partial charge is 0.386 e. The highest BCUT2D eigenvalue weighted by Crippen LogP contribution is 2.13. The van der Waals surface area contributed by atoms with E-state index in [0.717, 1.165) is 13.2 Å². The van der Waals surface area contributed by atoms with Crippen LogP contribution in [-0.4, -0.2) is 48.0 Å². The van der Waals surface area contributed by atoms with Gasteiger partial charge in [0.25, 0.3) is 0 Å². The number of aliphatic hydroxyl groups is 1. The Morgan fingerprint density at radius 2 is 2.17 bits per heavy atom. The molecule has 0 aromatic carbocycles. The third kappa shape index (κ3) is 2.73. The van der Waals surface area contributed by atoms with E-state index < -0.39 is 5.60 Å². The van der Waals surface area contributed by atoms with Gasteiger partial charge in [-0.1, -0.05) is 0 Å². The number of β-amino-alcohol motifs (C(OH)–C–C–N with tert-alkyl or cyclic N) is 1. The molecular formula is C9H19NO2. The van der Waals surface area contributed by atoms with E-state index in [-0.39, 0.29) is 0 Å². The summed E-state index contributed by atoms with van der Waals surface area (Å²) in [6, 6.07) is 0.484. The summed E-state index contributed by atoms with van der Waals surface area (Å²) in [4.78, 5) is 2.24. The Morgan fingerprint density at radius 1 is 1.50 bits per heavy atom. The zero-order chi connectivity index (χ0) is 9.19. The molecule has 0 aromatic rings. The van der Waals surface area contributed by atoms with Gasteiger partial charge in [0.05, 0.1) is 18.8 Å². The van der Waals surface area contributed by atoms with Gasteiger partial charge in [0.15, 0.2) is 0 Å². The van der Waals surface area contributed by atoms with Gasteiger partial charge >= 0.3 is 0 Å². The summed E-state index contributed by atoms with van der Waals surface area (Å²) >= 11 is 0. The first kappa shape index (κ1) is 9.96. The molecule has 0 saturated carbocycles. The van der Waals surface area contributed by atoms with Crippen molar-refractivity contribution in [2.24, 2.45) is 0 Å². The maximum Gasteiger partial charge on any atom is 0.0978 e. The molecular weight excluding hydrogens is 154 g/mol. The molecule has 1 aliphatic heterocycles.